The number of esters is 1. The third kappa shape index (κ3) is 4.15. The summed E-state index contributed by atoms with van der Waals surface area (Å²) < 4.78 is 9.17. The zero-order valence-electron chi connectivity index (χ0n) is 7.92. The van der Waals surface area contributed by atoms with Crippen molar-refractivity contribution in [3.8, 4) is 0 Å². The van der Waals surface area contributed by atoms with Gasteiger partial charge in [0.15, 0.2) is 0 Å². The molecule has 5 heteroatoms. The van der Waals surface area contributed by atoms with Gasteiger partial charge in [-0.1, -0.05) is 0 Å². The summed E-state index contributed by atoms with van der Waals surface area (Å²) in [4.78, 5) is 21.4. The highest BCUT2D eigenvalue weighted by Gasteiger charge is 2.10. The number of nitrogens with two attached hydrogens (primary N) is 1. The summed E-state index contributed by atoms with van der Waals surface area (Å²) in [6, 6.07) is 0. The van der Waals surface area contributed by atoms with E-state index in [1.54, 1.807) is 6.92 Å². The van der Waals surface area contributed by atoms with Gasteiger partial charge in [-0.05, 0) is 20.8 Å². The van der Waals surface area contributed by atoms with Crippen molar-refractivity contribution < 1.29 is 19.1 Å². The first-order valence-electron chi connectivity index (χ1n) is 3.81. The van der Waals surface area contributed by atoms with E-state index in [0.717, 1.165) is 0 Å². The summed E-state index contributed by atoms with van der Waals surface area (Å²) in [5, 5.41) is 0. The van der Waals surface area contributed by atoms with Crippen LogP contribution in [0.4, 0.5) is 4.79 Å². The molecular weight excluding hydrogens is 174 g/mol. The van der Waals surface area contributed by atoms with Crippen LogP contribution in [0.1, 0.15) is 20.8 Å². The minimum absolute atomic E-state index is 0.158. The number of primary amides is 1. The minimum atomic E-state index is -0.943. The molecule has 0 aromatic heterocycles. The van der Waals surface area contributed by atoms with Gasteiger partial charge in [-0.3, -0.25) is 0 Å². The Bertz CT molecular complexity index is 245. The number of allylic oxidation sites excluding steroid dienone is 1. The second-order valence-corrected chi connectivity index (χ2v) is 2.32. The molecule has 1 amide bonds. The van der Waals surface area contributed by atoms with E-state index in [0.29, 0.717) is 0 Å². The number of carbonyl (C=O) groups excluding carboxylic acids is 2. The van der Waals surface area contributed by atoms with Gasteiger partial charge >= 0.3 is 12.1 Å². The Balaban J connectivity index is 4.41. The van der Waals surface area contributed by atoms with Gasteiger partial charge in [0.1, 0.15) is 5.76 Å². The molecule has 0 fully saturated rings. The first kappa shape index (κ1) is 11.5. The molecule has 0 atom stereocenters. The molecule has 74 valence electrons. The number of carbonyl (C=O) groups is 2. The van der Waals surface area contributed by atoms with Crippen molar-refractivity contribution in [1.82, 2.24) is 0 Å². The maximum Gasteiger partial charge on any atom is 0.409 e. The van der Waals surface area contributed by atoms with Crippen LogP contribution in [0.2, 0.25) is 0 Å². The zero-order valence-corrected chi connectivity index (χ0v) is 7.92. The first-order valence-corrected chi connectivity index (χ1v) is 3.81. The van der Waals surface area contributed by atoms with Crippen molar-refractivity contribution in [2.45, 2.75) is 20.8 Å². The average Bonchev–Trinajstić information content (AvgIpc) is 2.02. The van der Waals surface area contributed by atoms with Crippen molar-refractivity contribution in [1.29, 1.82) is 0 Å². The Morgan fingerprint density at radius 3 is 2.23 bits per heavy atom. The van der Waals surface area contributed by atoms with Crippen LogP contribution in [0, 0.1) is 0 Å². The van der Waals surface area contributed by atoms with E-state index in [9.17, 15) is 9.59 Å². The van der Waals surface area contributed by atoms with Crippen LogP contribution in [0.5, 0.6) is 0 Å². The number of hydrogen-bond acceptors (Lipinski definition) is 4. The van der Waals surface area contributed by atoms with Gasteiger partial charge in [0, 0.05) is 0 Å². The van der Waals surface area contributed by atoms with Crippen LogP contribution in [-0.2, 0) is 14.3 Å². The molecule has 0 aromatic rings. The van der Waals surface area contributed by atoms with Crippen molar-refractivity contribution in [3.63, 3.8) is 0 Å². The Kier molecular flexibility index (Phi) is 4.58. The van der Waals surface area contributed by atoms with Crippen molar-refractivity contribution in [2.75, 3.05) is 6.61 Å². The van der Waals surface area contributed by atoms with Crippen molar-refractivity contribution in [2.24, 2.45) is 5.73 Å². The summed E-state index contributed by atoms with van der Waals surface area (Å²) in [5.74, 6) is -0.354. The topological polar surface area (TPSA) is 78.6 Å². The van der Waals surface area contributed by atoms with Crippen LogP contribution in [0.25, 0.3) is 0 Å². The molecule has 0 aromatic carbocycles. The number of hydrogen-bond donors (Lipinski definition) is 1. The highest BCUT2D eigenvalue weighted by Crippen LogP contribution is 2.06. The molecule has 0 bridgehead atoms. The molecule has 0 spiro atoms. The molecule has 5 nitrogen and oxygen atoms in total. The van der Waals surface area contributed by atoms with Gasteiger partial charge in [0.2, 0.25) is 0 Å². The summed E-state index contributed by atoms with van der Waals surface area (Å²) in [6.45, 7) is 4.93. The second kappa shape index (κ2) is 5.18. The van der Waals surface area contributed by atoms with Gasteiger partial charge in [0.25, 0.3) is 0 Å². The Morgan fingerprint density at radius 1 is 1.31 bits per heavy atom. The fourth-order valence-corrected chi connectivity index (χ4v) is 0.611. The number of amides is 1. The Hall–Kier alpha value is -1.52. The normalized spacial score (nSPS) is 11.6. The molecule has 0 aliphatic heterocycles. The largest absolute Gasteiger partial charge is 0.463 e. The summed E-state index contributed by atoms with van der Waals surface area (Å²) in [7, 11) is 0. The lowest BCUT2D eigenvalue weighted by atomic mass is 10.3. The zero-order chi connectivity index (χ0) is 10.4. The minimum Gasteiger partial charge on any atom is -0.463 e. The van der Waals surface area contributed by atoms with Crippen LogP contribution < -0.4 is 5.73 Å². The van der Waals surface area contributed by atoms with Crippen LogP contribution in [-0.4, -0.2) is 18.7 Å². The average molecular weight is 187 g/mol. The maximum absolute atomic E-state index is 11.1. The predicted octanol–water partition coefficient (Wildman–Crippen LogP) is 0.939. The fourth-order valence-electron chi connectivity index (χ4n) is 0.611. The lowest BCUT2D eigenvalue weighted by Gasteiger charge is -2.05. The molecule has 0 saturated heterocycles. The molecule has 0 radical (unpaired) electrons. The lowest BCUT2D eigenvalue weighted by molar-refractivity contribution is -0.138. The number of ether oxygens (including phenoxy) is 2. The van der Waals surface area contributed by atoms with E-state index in [1.165, 1.54) is 13.8 Å². The quantitative estimate of drug-likeness (QED) is 0.405. The molecule has 13 heavy (non-hydrogen) atoms. The van der Waals surface area contributed by atoms with Gasteiger partial charge < -0.3 is 15.2 Å². The van der Waals surface area contributed by atoms with Gasteiger partial charge in [0.05, 0.1) is 12.2 Å². The highest BCUT2D eigenvalue weighted by molar-refractivity contribution is 5.88. The van der Waals surface area contributed by atoms with Crippen LogP contribution in [0.3, 0.4) is 0 Å². The van der Waals surface area contributed by atoms with E-state index >= 15 is 0 Å². The lowest BCUT2D eigenvalue weighted by Crippen LogP contribution is -2.15. The molecule has 0 saturated carbocycles. The van der Waals surface area contributed by atoms with Crippen LogP contribution in [0.15, 0.2) is 11.3 Å². The van der Waals surface area contributed by atoms with Crippen molar-refractivity contribution >= 4 is 12.1 Å². The standard InChI is InChI=1S/C8H13NO4/c1-4-12-7(10)5(2)6(3)13-8(9)11/h4H2,1-3H3,(H2,9,11). The van der Waals surface area contributed by atoms with E-state index in [2.05, 4.69) is 9.47 Å². The summed E-state index contributed by atoms with van der Waals surface area (Å²) >= 11 is 0. The maximum atomic E-state index is 11.1. The van der Waals surface area contributed by atoms with E-state index in [4.69, 9.17) is 5.73 Å². The summed E-state index contributed by atoms with van der Waals surface area (Å²) in [5.41, 5.74) is 4.99. The van der Waals surface area contributed by atoms with Crippen molar-refractivity contribution in [3.05, 3.63) is 11.3 Å². The Morgan fingerprint density at radius 2 is 1.85 bits per heavy atom. The first-order chi connectivity index (χ1) is 5.99. The van der Waals surface area contributed by atoms with Gasteiger partial charge in [-0.2, -0.15) is 0 Å². The van der Waals surface area contributed by atoms with E-state index in [1.807, 2.05) is 0 Å². The molecular formula is C8H13NO4. The Labute approximate surface area is 76.5 Å². The predicted molar refractivity (Wildman–Crippen MR) is 45.7 cm³/mol. The summed E-state index contributed by atoms with van der Waals surface area (Å²) in [6.07, 6.45) is -0.943. The van der Waals surface area contributed by atoms with E-state index < -0.39 is 12.1 Å². The molecule has 0 heterocycles. The van der Waals surface area contributed by atoms with E-state index in [-0.39, 0.29) is 17.9 Å². The second-order valence-electron chi connectivity index (χ2n) is 2.32. The van der Waals surface area contributed by atoms with Gasteiger partial charge in [-0.15, -0.1) is 0 Å². The molecule has 0 rings (SSSR count). The molecule has 0 aliphatic rings. The monoisotopic (exact) mass is 187 g/mol. The third-order valence-electron chi connectivity index (χ3n) is 1.36. The fraction of sp³-hybridized carbons (Fsp3) is 0.500. The molecule has 2 N–H and O–H groups in total. The number of rotatable bonds is 3. The smallest absolute Gasteiger partial charge is 0.409 e. The third-order valence-corrected chi connectivity index (χ3v) is 1.36. The highest BCUT2D eigenvalue weighted by atomic mass is 16.6. The molecule has 0 unspecified atom stereocenters. The van der Waals surface area contributed by atoms with Gasteiger partial charge in [-0.25, -0.2) is 9.59 Å². The van der Waals surface area contributed by atoms with Crippen LogP contribution >= 0.6 is 0 Å². The SMILES string of the molecule is CCOC(=O)C(C)=C(C)OC(N)=O. The molecule has 0 aliphatic carbocycles.